The fourth-order valence-electron chi connectivity index (χ4n) is 3.11. The summed E-state index contributed by atoms with van der Waals surface area (Å²) in [4.78, 5) is 6.57. The van der Waals surface area contributed by atoms with E-state index in [2.05, 4.69) is 23.2 Å². The van der Waals surface area contributed by atoms with Gasteiger partial charge in [0.05, 0.1) is 6.10 Å². The summed E-state index contributed by atoms with van der Waals surface area (Å²) in [5.41, 5.74) is 0. The minimum atomic E-state index is -0.110. The topological polar surface area (TPSA) is 35.8 Å². The SMILES string of the molecule is CN=CC1CCCC[C@@H]1N(C)CC(O)C1CC1. The quantitative estimate of drug-likeness (QED) is 0.743. The zero-order valence-corrected chi connectivity index (χ0v) is 11.2. The third-order valence-corrected chi connectivity index (χ3v) is 4.33. The average molecular weight is 238 g/mol. The lowest BCUT2D eigenvalue weighted by molar-refractivity contribution is 0.0691. The van der Waals surface area contributed by atoms with Crippen LogP contribution in [0.4, 0.5) is 0 Å². The van der Waals surface area contributed by atoms with Gasteiger partial charge in [0, 0.05) is 31.8 Å². The summed E-state index contributed by atoms with van der Waals surface area (Å²) in [5.74, 6) is 1.17. The summed E-state index contributed by atoms with van der Waals surface area (Å²) in [6, 6.07) is 0.584. The Balaban J connectivity index is 1.87. The predicted molar refractivity (Wildman–Crippen MR) is 71.5 cm³/mol. The number of rotatable bonds is 5. The molecule has 0 aromatic rings. The highest BCUT2D eigenvalue weighted by molar-refractivity contribution is 5.61. The molecule has 0 heterocycles. The first kappa shape index (κ1) is 13.0. The van der Waals surface area contributed by atoms with Crippen LogP contribution in [0.15, 0.2) is 4.99 Å². The van der Waals surface area contributed by atoms with Gasteiger partial charge in [-0.05, 0) is 38.6 Å². The van der Waals surface area contributed by atoms with Crippen molar-refractivity contribution in [3.8, 4) is 0 Å². The smallest absolute Gasteiger partial charge is 0.0695 e. The molecule has 1 N–H and O–H groups in total. The van der Waals surface area contributed by atoms with Crippen LogP contribution in [-0.2, 0) is 0 Å². The largest absolute Gasteiger partial charge is 0.392 e. The summed E-state index contributed by atoms with van der Waals surface area (Å²) in [7, 11) is 4.03. The van der Waals surface area contributed by atoms with Crippen LogP contribution in [0.3, 0.4) is 0 Å². The second-order valence-corrected chi connectivity index (χ2v) is 5.77. The van der Waals surface area contributed by atoms with Crippen molar-refractivity contribution in [1.29, 1.82) is 0 Å². The van der Waals surface area contributed by atoms with Gasteiger partial charge in [0.25, 0.3) is 0 Å². The lowest BCUT2D eigenvalue weighted by atomic mass is 9.84. The maximum absolute atomic E-state index is 10.0. The maximum atomic E-state index is 10.0. The van der Waals surface area contributed by atoms with Gasteiger partial charge in [-0.3, -0.25) is 0 Å². The molecule has 0 spiro atoms. The van der Waals surface area contributed by atoms with Gasteiger partial charge in [0.1, 0.15) is 0 Å². The molecule has 0 amide bonds. The van der Waals surface area contributed by atoms with Crippen LogP contribution in [0.1, 0.15) is 38.5 Å². The highest BCUT2D eigenvalue weighted by Crippen LogP contribution is 2.34. The van der Waals surface area contributed by atoms with Gasteiger partial charge in [-0.15, -0.1) is 0 Å². The van der Waals surface area contributed by atoms with E-state index in [4.69, 9.17) is 0 Å². The van der Waals surface area contributed by atoms with Gasteiger partial charge in [-0.25, -0.2) is 0 Å². The molecule has 0 bridgehead atoms. The number of hydrogen-bond donors (Lipinski definition) is 1. The van der Waals surface area contributed by atoms with E-state index in [9.17, 15) is 5.11 Å². The van der Waals surface area contributed by atoms with Crippen molar-refractivity contribution in [2.45, 2.75) is 50.7 Å². The molecular weight excluding hydrogens is 212 g/mol. The molecule has 2 aliphatic rings. The van der Waals surface area contributed by atoms with Crippen LogP contribution in [0.25, 0.3) is 0 Å². The Morgan fingerprint density at radius 2 is 2.00 bits per heavy atom. The fraction of sp³-hybridized carbons (Fsp3) is 0.929. The Morgan fingerprint density at radius 1 is 1.29 bits per heavy atom. The molecule has 2 fully saturated rings. The van der Waals surface area contributed by atoms with E-state index in [1.54, 1.807) is 0 Å². The molecule has 0 aromatic carbocycles. The van der Waals surface area contributed by atoms with E-state index >= 15 is 0 Å². The number of aliphatic imine (C=N–C) groups is 1. The molecule has 0 aliphatic heterocycles. The molecule has 3 heteroatoms. The Labute approximate surface area is 105 Å². The van der Waals surface area contributed by atoms with E-state index in [1.807, 2.05) is 7.05 Å². The van der Waals surface area contributed by atoms with Crippen molar-refractivity contribution < 1.29 is 5.11 Å². The third kappa shape index (κ3) is 3.52. The lowest BCUT2D eigenvalue weighted by Crippen LogP contribution is -2.44. The molecule has 0 radical (unpaired) electrons. The minimum Gasteiger partial charge on any atom is -0.392 e. The van der Waals surface area contributed by atoms with Crippen molar-refractivity contribution in [2.24, 2.45) is 16.8 Å². The summed E-state index contributed by atoms with van der Waals surface area (Å²) in [6.07, 6.45) is 9.61. The first-order valence-electron chi connectivity index (χ1n) is 7.03. The van der Waals surface area contributed by atoms with E-state index in [-0.39, 0.29) is 6.10 Å². The van der Waals surface area contributed by atoms with Crippen LogP contribution >= 0.6 is 0 Å². The molecule has 0 saturated heterocycles. The summed E-state index contributed by atoms with van der Waals surface area (Å²) >= 11 is 0. The molecular formula is C14H26N2O. The van der Waals surface area contributed by atoms with E-state index in [0.717, 1.165) is 6.54 Å². The minimum absolute atomic E-state index is 0.110. The predicted octanol–water partition coefficient (Wildman–Crippen LogP) is 1.95. The van der Waals surface area contributed by atoms with Crippen LogP contribution in [0.2, 0.25) is 0 Å². The van der Waals surface area contributed by atoms with Gasteiger partial charge in [-0.1, -0.05) is 12.8 Å². The highest BCUT2D eigenvalue weighted by Gasteiger charge is 2.33. The van der Waals surface area contributed by atoms with Crippen LogP contribution < -0.4 is 0 Å². The first-order valence-corrected chi connectivity index (χ1v) is 7.03. The fourth-order valence-corrected chi connectivity index (χ4v) is 3.11. The standard InChI is InChI=1S/C14H26N2O/c1-15-9-12-5-3-4-6-13(12)16(2)10-14(17)11-7-8-11/h9,11-14,17H,3-8,10H2,1-2H3/t12?,13-,14?/m0/s1. The zero-order valence-electron chi connectivity index (χ0n) is 11.2. The highest BCUT2D eigenvalue weighted by atomic mass is 16.3. The Hall–Kier alpha value is -0.410. The van der Waals surface area contributed by atoms with Crippen molar-refractivity contribution in [1.82, 2.24) is 4.90 Å². The lowest BCUT2D eigenvalue weighted by Gasteiger charge is -2.37. The van der Waals surface area contributed by atoms with Crippen LogP contribution in [0, 0.1) is 11.8 Å². The number of hydrogen-bond acceptors (Lipinski definition) is 3. The van der Waals surface area contributed by atoms with Crippen LogP contribution in [0.5, 0.6) is 0 Å². The second kappa shape index (κ2) is 5.96. The summed E-state index contributed by atoms with van der Waals surface area (Å²) in [6.45, 7) is 0.837. The van der Waals surface area contributed by atoms with E-state index in [0.29, 0.717) is 17.9 Å². The molecule has 3 nitrogen and oxygen atoms in total. The number of aliphatic hydroxyl groups excluding tert-OH is 1. The molecule has 3 atom stereocenters. The summed E-state index contributed by atoms with van der Waals surface area (Å²) < 4.78 is 0. The van der Waals surface area contributed by atoms with E-state index < -0.39 is 0 Å². The number of aliphatic hydroxyl groups is 1. The number of nitrogens with zero attached hydrogens (tertiary/aromatic N) is 2. The molecule has 2 saturated carbocycles. The molecule has 2 unspecified atom stereocenters. The summed E-state index contributed by atoms with van der Waals surface area (Å²) in [5, 5.41) is 10.0. The van der Waals surface area contributed by atoms with Crippen molar-refractivity contribution in [3.05, 3.63) is 0 Å². The van der Waals surface area contributed by atoms with Crippen molar-refractivity contribution >= 4 is 6.21 Å². The number of likely N-dealkylation sites (N-methyl/N-ethyl adjacent to an activating group) is 1. The third-order valence-electron chi connectivity index (χ3n) is 4.33. The Kier molecular flexibility index (Phi) is 4.57. The van der Waals surface area contributed by atoms with Crippen molar-refractivity contribution in [2.75, 3.05) is 20.6 Å². The molecule has 98 valence electrons. The Morgan fingerprint density at radius 3 is 2.65 bits per heavy atom. The van der Waals surface area contributed by atoms with Crippen molar-refractivity contribution in [3.63, 3.8) is 0 Å². The molecule has 2 rings (SSSR count). The first-order chi connectivity index (χ1) is 8.22. The zero-order chi connectivity index (χ0) is 12.3. The van der Waals surface area contributed by atoms with Crippen LogP contribution in [-0.4, -0.2) is 49.0 Å². The molecule has 2 aliphatic carbocycles. The van der Waals surface area contributed by atoms with Gasteiger partial charge in [0.2, 0.25) is 0 Å². The van der Waals surface area contributed by atoms with Gasteiger partial charge >= 0.3 is 0 Å². The van der Waals surface area contributed by atoms with Gasteiger partial charge in [0.15, 0.2) is 0 Å². The van der Waals surface area contributed by atoms with E-state index in [1.165, 1.54) is 38.5 Å². The second-order valence-electron chi connectivity index (χ2n) is 5.77. The van der Waals surface area contributed by atoms with Gasteiger partial charge < -0.3 is 15.0 Å². The van der Waals surface area contributed by atoms with Gasteiger partial charge in [-0.2, -0.15) is 0 Å². The monoisotopic (exact) mass is 238 g/mol. The molecule has 0 aromatic heterocycles. The average Bonchev–Trinajstić information content (AvgIpc) is 3.13. The molecule has 17 heavy (non-hydrogen) atoms. The maximum Gasteiger partial charge on any atom is 0.0695 e. The normalized spacial score (nSPS) is 32.2. The Bertz CT molecular complexity index is 263.